The molecule has 0 aromatic carbocycles. The molecular weight excluding hydrogens is 266 g/mol. The van der Waals surface area contributed by atoms with E-state index < -0.39 is 11.9 Å². The monoisotopic (exact) mass is 285 g/mol. The maximum atomic E-state index is 10.9. The Bertz CT molecular complexity index is 449. The Morgan fingerprint density at radius 2 is 2.05 bits per heavy atom. The molecule has 1 aromatic heterocycles. The summed E-state index contributed by atoms with van der Waals surface area (Å²) in [4.78, 5) is 27.6. The first-order valence-corrected chi connectivity index (χ1v) is 6.74. The number of nitrogens with two attached hydrogens (primary N) is 1. The fraction of sp³-hybridized carbons (Fsp3) is 0.583. The molecule has 0 saturated carbocycles. The second-order valence-electron chi connectivity index (χ2n) is 5.38. The highest BCUT2D eigenvalue weighted by atomic mass is 32.1. The van der Waals surface area contributed by atoms with Crippen molar-refractivity contribution in [2.75, 3.05) is 13.1 Å². The van der Waals surface area contributed by atoms with E-state index in [1.807, 2.05) is 5.38 Å². The van der Waals surface area contributed by atoms with Gasteiger partial charge in [-0.25, -0.2) is 4.98 Å². The molecule has 0 radical (unpaired) electrons. The van der Waals surface area contributed by atoms with E-state index >= 15 is 0 Å². The molecule has 0 bridgehead atoms. The molecule has 1 aromatic rings. The Balaban J connectivity index is 2.75. The summed E-state index contributed by atoms with van der Waals surface area (Å²) in [6.07, 6.45) is 0. The molecule has 0 spiro atoms. The second-order valence-corrected chi connectivity index (χ2v) is 6.32. The molecular formula is C12H19N3O3S. The number of amides is 1. The summed E-state index contributed by atoms with van der Waals surface area (Å²) in [7, 11) is 0. The predicted molar refractivity (Wildman–Crippen MR) is 72.9 cm³/mol. The van der Waals surface area contributed by atoms with Crippen LogP contribution in [0.25, 0.3) is 0 Å². The van der Waals surface area contributed by atoms with Crippen LogP contribution in [0.5, 0.6) is 0 Å². The Morgan fingerprint density at radius 1 is 1.42 bits per heavy atom. The van der Waals surface area contributed by atoms with Crippen molar-refractivity contribution in [1.29, 1.82) is 0 Å². The van der Waals surface area contributed by atoms with Gasteiger partial charge in [-0.2, -0.15) is 0 Å². The molecule has 19 heavy (non-hydrogen) atoms. The summed E-state index contributed by atoms with van der Waals surface area (Å²) >= 11 is 1.46. The summed E-state index contributed by atoms with van der Waals surface area (Å²) < 4.78 is 0. The quantitative estimate of drug-likeness (QED) is 0.806. The van der Waals surface area contributed by atoms with Crippen LogP contribution in [0, 0.1) is 0 Å². The number of carbonyl (C=O) groups excluding carboxylic acids is 1. The molecule has 0 atom stereocenters. The molecule has 7 heteroatoms. The highest BCUT2D eigenvalue weighted by molar-refractivity contribution is 7.09. The van der Waals surface area contributed by atoms with Gasteiger partial charge < -0.3 is 10.8 Å². The number of hydrogen-bond acceptors (Lipinski definition) is 5. The molecule has 1 rings (SSSR count). The molecule has 0 aliphatic carbocycles. The van der Waals surface area contributed by atoms with Gasteiger partial charge in [0.05, 0.1) is 25.3 Å². The zero-order valence-corrected chi connectivity index (χ0v) is 12.2. The van der Waals surface area contributed by atoms with Gasteiger partial charge in [0, 0.05) is 10.8 Å². The van der Waals surface area contributed by atoms with Gasteiger partial charge in [-0.05, 0) is 0 Å². The molecule has 0 saturated heterocycles. The summed E-state index contributed by atoms with van der Waals surface area (Å²) in [5.74, 6) is -1.54. The third kappa shape index (κ3) is 5.35. The number of hydrogen-bond donors (Lipinski definition) is 2. The van der Waals surface area contributed by atoms with Crippen molar-refractivity contribution in [1.82, 2.24) is 9.88 Å². The van der Waals surface area contributed by atoms with E-state index in [1.54, 1.807) is 0 Å². The van der Waals surface area contributed by atoms with Crippen molar-refractivity contribution in [3.8, 4) is 0 Å². The first kappa shape index (κ1) is 15.6. The van der Waals surface area contributed by atoms with Gasteiger partial charge in [-0.1, -0.05) is 20.8 Å². The fourth-order valence-corrected chi connectivity index (χ4v) is 2.56. The van der Waals surface area contributed by atoms with Gasteiger partial charge in [0.25, 0.3) is 0 Å². The Labute approximate surface area is 116 Å². The van der Waals surface area contributed by atoms with E-state index in [2.05, 4.69) is 25.8 Å². The minimum absolute atomic E-state index is 0.0456. The van der Waals surface area contributed by atoms with E-state index in [1.165, 1.54) is 16.2 Å². The molecule has 0 fully saturated rings. The first-order chi connectivity index (χ1) is 8.68. The molecule has 6 nitrogen and oxygen atoms in total. The highest BCUT2D eigenvalue weighted by Gasteiger charge is 2.19. The maximum Gasteiger partial charge on any atom is 0.317 e. The third-order valence-corrected chi connectivity index (χ3v) is 3.25. The number of carbonyl (C=O) groups is 2. The lowest BCUT2D eigenvalue weighted by Crippen LogP contribution is -2.36. The van der Waals surface area contributed by atoms with Gasteiger partial charge in [0.15, 0.2) is 0 Å². The molecule has 0 aliphatic rings. The smallest absolute Gasteiger partial charge is 0.317 e. The predicted octanol–water partition coefficient (Wildman–Crippen LogP) is 0.812. The van der Waals surface area contributed by atoms with E-state index in [4.69, 9.17) is 10.8 Å². The molecule has 3 N–H and O–H groups in total. The number of rotatable bonds is 6. The molecule has 1 heterocycles. The first-order valence-electron chi connectivity index (χ1n) is 5.86. The molecule has 106 valence electrons. The number of primary amides is 1. The summed E-state index contributed by atoms with van der Waals surface area (Å²) in [5.41, 5.74) is 6.02. The lowest BCUT2D eigenvalue weighted by atomic mass is 9.93. The fourth-order valence-electron chi connectivity index (χ4n) is 1.50. The zero-order valence-electron chi connectivity index (χ0n) is 11.3. The van der Waals surface area contributed by atoms with Crippen LogP contribution in [0.1, 0.15) is 31.5 Å². The lowest BCUT2D eigenvalue weighted by Gasteiger charge is -2.17. The van der Waals surface area contributed by atoms with Crippen molar-refractivity contribution >= 4 is 23.2 Å². The van der Waals surface area contributed by atoms with Crippen LogP contribution in [-0.4, -0.2) is 40.0 Å². The minimum atomic E-state index is -0.992. The summed E-state index contributed by atoms with van der Waals surface area (Å²) in [6, 6.07) is 0. The number of aromatic nitrogens is 1. The van der Waals surface area contributed by atoms with E-state index in [9.17, 15) is 9.59 Å². The lowest BCUT2D eigenvalue weighted by molar-refractivity contribution is -0.138. The Hall–Kier alpha value is -1.47. The number of aliphatic carboxylic acids is 1. The Kier molecular flexibility index (Phi) is 5.02. The van der Waals surface area contributed by atoms with Gasteiger partial charge in [0.1, 0.15) is 5.01 Å². The molecule has 0 unspecified atom stereocenters. The Morgan fingerprint density at radius 3 is 2.47 bits per heavy atom. The van der Waals surface area contributed by atoms with Gasteiger partial charge in [0.2, 0.25) is 5.91 Å². The van der Waals surface area contributed by atoms with E-state index in [0.29, 0.717) is 6.54 Å². The van der Waals surface area contributed by atoms with Crippen LogP contribution in [0.3, 0.4) is 0 Å². The SMILES string of the molecule is CC(C)(C)c1csc(CN(CC(N)=O)CC(=O)O)n1. The average molecular weight is 285 g/mol. The zero-order chi connectivity index (χ0) is 14.6. The van der Waals surface area contributed by atoms with Crippen molar-refractivity contribution in [3.63, 3.8) is 0 Å². The standard InChI is InChI=1S/C12H19N3O3S/c1-12(2,3)8-7-19-10(14-8)5-15(4-9(13)16)6-11(17)18/h7H,4-6H2,1-3H3,(H2,13,16)(H,17,18). The summed E-state index contributed by atoms with van der Waals surface area (Å²) in [5, 5.41) is 11.5. The molecule has 0 aliphatic heterocycles. The van der Waals surface area contributed by atoms with Crippen LogP contribution in [0.4, 0.5) is 0 Å². The van der Waals surface area contributed by atoms with Gasteiger partial charge in [-0.15, -0.1) is 11.3 Å². The number of carboxylic acid groups (broad SMARTS) is 1. The number of thiazole rings is 1. The van der Waals surface area contributed by atoms with Crippen LogP contribution < -0.4 is 5.73 Å². The van der Waals surface area contributed by atoms with Crippen LogP contribution in [0.2, 0.25) is 0 Å². The van der Waals surface area contributed by atoms with Crippen LogP contribution in [0.15, 0.2) is 5.38 Å². The topological polar surface area (TPSA) is 96.5 Å². The van der Waals surface area contributed by atoms with Crippen LogP contribution >= 0.6 is 11.3 Å². The minimum Gasteiger partial charge on any atom is -0.480 e. The van der Waals surface area contributed by atoms with Crippen molar-refractivity contribution < 1.29 is 14.7 Å². The average Bonchev–Trinajstić information content (AvgIpc) is 2.62. The van der Waals surface area contributed by atoms with Crippen molar-refractivity contribution in [3.05, 3.63) is 16.1 Å². The normalized spacial score (nSPS) is 11.8. The second kappa shape index (κ2) is 6.12. The third-order valence-electron chi connectivity index (χ3n) is 2.42. The highest BCUT2D eigenvalue weighted by Crippen LogP contribution is 2.24. The van der Waals surface area contributed by atoms with Gasteiger partial charge >= 0.3 is 5.97 Å². The van der Waals surface area contributed by atoms with Gasteiger partial charge in [-0.3, -0.25) is 14.5 Å². The number of nitrogens with zero attached hydrogens (tertiary/aromatic N) is 2. The van der Waals surface area contributed by atoms with E-state index in [0.717, 1.165) is 10.7 Å². The maximum absolute atomic E-state index is 10.9. The summed E-state index contributed by atoms with van der Waals surface area (Å²) in [6.45, 7) is 6.18. The number of carboxylic acids is 1. The van der Waals surface area contributed by atoms with E-state index in [-0.39, 0.29) is 18.5 Å². The van der Waals surface area contributed by atoms with Crippen molar-refractivity contribution in [2.45, 2.75) is 32.7 Å². The largest absolute Gasteiger partial charge is 0.480 e. The van der Waals surface area contributed by atoms with Crippen LogP contribution in [-0.2, 0) is 21.5 Å². The molecule has 1 amide bonds. The van der Waals surface area contributed by atoms with Crippen molar-refractivity contribution in [2.24, 2.45) is 5.73 Å².